The van der Waals surface area contributed by atoms with Gasteiger partial charge in [0, 0.05) is 0 Å². The quantitative estimate of drug-likeness (QED) is 0.698. The first-order chi connectivity index (χ1) is 14.6. The molecule has 2 heterocycles. The fraction of sp³-hybridized carbons (Fsp3) is 0.158. The molecule has 0 saturated carbocycles. The van der Waals surface area contributed by atoms with Crippen molar-refractivity contribution in [2.24, 2.45) is 15.7 Å². The van der Waals surface area contributed by atoms with Gasteiger partial charge in [-0.3, -0.25) is 5.01 Å². The van der Waals surface area contributed by atoms with E-state index in [-0.39, 0.29) is 11.4 Å². The van der Waals surface area contributed by atoms with Crippen LogP contribution in [0, 0.1) is 0 Å². The van der Waals surface area contributed by atoms with Crippen LogP contribution < -0.4 is 20.9 Å². The van der Waals surface area contributed by atoms with Gasteiger partial charge in [0.2, 0.25) is 5.84 Å². The highest BCUT2D eigenvalue weighted by Crippen LogP contribution is 2.39. The van der Waals surface area contributed by atoms with Gasteiger partial charge >= 0.3 is 12.4 Å². The van der Waals surface area contributed by atoms with E-state index in [1.165, 1.54) is 12.1 Å². The molecule has 31 heavy (non-hydrogen) atoms. The van der Waals surface area contributed by atoms with E-state index in [2.05, 4.69) is 15.4 Å². The molecule has 0 radical (unpaired) electrons. The highest BCUT2D eigenvalue weighted by atomic mass is 19.4. The molecule has 1 unspecified atom stereocenters. The summed E-state index contributed by atoms with van der Waals surface area (Å²) in [6.45, 7) is 0. The molecular formula is C19H13F6N5O. The maximum Gasteiger partial charge on any atom is 0.451 e. The molecule has 3 N–H and O–H groups in total. The zero-order chi connectivity index (χ0) is 22.4. The molecule has 0 spiro atoms. The monoisotopic (exact) mass is 441 g/mol. The lowest BCUT2D eigenvalue weighted by atomic mass is 10.1. The summed E-state index contributed by atoms with van der Waals surface area (Å²) in [4.78, 5) is 6.01. The molecule has 0 aliphatic carbocycles. The average molecular weight is 441 g/mol. The van der Waals surface area contributed by atoms with E-state index in [0.29, 0.717) is 5.75 Å². The number of alkyl halides is 6. The molecule has 0 fully saturated rings. The Balaban J connectivity index is 1.77. The first-order valence-electron chi connectivity index (χ1n) is 8.75. The van der Waals surface area contributed by atoms with Crippen LogP contribution in [0.2, 0.25) is 0 Å². The van der Waals surface area contributed by atoms with Gasteiger partial charge in [0.05, 0.1) is 5.57 Å². The van der Waals surface area contributed by atoms with Crippen molar-refractivity contribution in [1.82, 2.24) is 5.43 Å². The summed E-state index contributed by atoms with van der Waals surface area (Å²) in [7, 11) is 0. The van der Waals surface area contributed by atoms with Crippen LogP contribution in [0.1, 0.15) is 0 Å². The summed E-state index contributed by atoms with van der Waals surface area (Å²) in [5.41, 5.74) is 6.12. The van der Waals surface area contributed by atoms with Gasteiger partial charge < -0.3 is 10.5 Å². The number of amidine groups is 1. The number of nitrogens with zero attached hydrogens (tertiary/aromatic N) is 3. The van der Waals surface area contributed by atoms with Crippen molar-refractivity contribution in [1.29, 1.82) is 0 Å². The van der Waals surface area contributed by atoms with E-state index in [9.17, 15) is 26.3 Å². The van der Waals surface area contributed by atoms with Crippen LogP contribution in [0.3, 0.4) is 0 Å². The molecule has 6 nitrogen and oxygen atoms in total. The van der Waals surface area contributed by atoms with Crippen LogP contribution in [0.4, 0.5) is 32.0 Å². The van der Waals surface area contributed by atoms with Gasteiger partial charge in [-0.2, -0.15) is 31.8 Å². The minimum Gasteiger partial charge on any atom is -0.455 e. The fourth-order valence-corrected chi connectivity index (χ4v) is 3.07. The standard InChI is InChI=1S/C19H13F6N5O/c20-18(21,22)14-13-15(26)30(29-16(13)28-17(27-14)19(23,24)25)11-8-4-5-9-12(11)31-10-6-2-1-3-7-10/h1-9,16,29H,26H2. The number of nitrogens with two attached hydrogens (primary N) is 1. The van der Waals surface area contributed by atoms with Gasteiger partial charge in [0.15, 0.2) is 11.5 Å². The number of hydrogen-bond acceptors (Lipinski definition) is 6. The van der Waals surface area contributed by atoms with E-state index >= 15 is 0 Å². The predicted molar refractivity (Wildman–Crippen MR) is 101 cm³/mol. The number of fused-ring (bicyclic) bond motifs is 1. The number of hydrazine groups is 1. The van der Waals surface area contributed by atoms with Crippen molar-refractivity contribution in [2.45, 2.75) is 18.5 Å². The molecule has 4 rings (SSSR count). The molecular weight excluding hydrogens is 428 g/mol. The Bertz CT molecular complexity index is 1090. The van der Waals surface area contributed by atoms with Crippen LogP contribution in [0.15, 0.2) is 76.0 Å². The second-order valence-corrected chi connectivity index (χ2v) is 6.46. The molecule has 0 amide bonds. The minimum absolute atomic E-state index is 0.177. The number of para-hydroxylation sites is 3. The molecule has 0 saturated heterocycles. The first kappa shape index (κ1) is 20.7. The Morgan fingerprint density at radius 3 is 2.19 bits per heavy atom. The smallest absolute Gasteiger partial charge is 0.451 e. The molecule has 1 atom stereocenters. The van der Waals surface area contributed by atoms with E-state index in [1.807, 2.05) is 0 Å². The SMILES string of the molecule is NC1=C2C(C(F)(F)F)=NC(C(F)(F)F)=NC2NN1c1ccccc1Oc1ccccc1. The molecule has 12 heteroatoms. The van der Waals surface area contributed by atoms with E-state index in [4.69, 9.17) is 10.5 Å². The summed E-state index contributed by atoms with van der Waals surface area (Å²) < 4.78 is 85.5. The van der Waals surface area contributed by atoms with Crippen molar-refractivity contribution in [3.63, 3.8) is 0 Å². The second-order valence-electron chi connectivity index (χ2n) is 6.46. The van der Waals surface area contributed by atoms with Crippen LogP contribution in [0.25, 0.3) is 0 Å². The molecule has 0 aromatic heterocycles. The van der Waals surface area contributed by atoms with Gasteiger partial charge in [-0.1, -0.05) is 30.3 Å². The molecule has 0 bridgehead atoms. The highest BCUT2D eigenvalue weighted by molar-refractivity contribution is 6.15. The maximum atomic E-state index is 13.5. The van der Waals surface area contributed by atoms with Gasteiger partial charge in [-0.15, -0.1) is 0 Å². The molecule has 162 valence electrons. The van der Waals surface area contributed by atoms with E-state index < -0.39 is 41.5 Å². The third-order valence-electron chi connectivity index (χ3n) is 4.37. The average Bonchev–Trinajstić information content (AvgIpc) is 3.03. The van der Waals surface area contributed by atoms with E-state index in [0.717, 1.165) is 5.01 Å². The van der Waals surface area contributed by atoms with Crippen molar-refractivity contribution >= 4 is 17.2 Å². The third-order valence-corrected chi connectivity index (χ3v) is 4.37. The molecule has 2 aromatic rings. The summed E-state index contributed by atoms with van der Waals surface area (Å²) in [6, 6.07) is 14.7. The van der Waals surface area contributed by atoms with Crippen molar-refractivity contribution < 1.29 is 31.1 Å². The lowest BCUT2D eigenvalue weighted by Crippen LogP contribution is -2.43. The fourth-order valence-electron chi connectivity index (χ4n) is 3.07. The second kappa shape index (κ2) is 7.30. The molecule has 2 aliphatic heterocycles. The number of nitrogens with one attached hydrogen (secondary N) is 1. The number of benzene rings is 2. The van der Waals surface area contributed by atoms with Crippen LogP contribution in [-0.2, 0) is 0 Å². The Morgan fingerprint density at radius 1 is 0.903 bits per heavy atom. The largest absolute Gasteiger partial charge is 0.455 e. The first-order valence-corrected chi connectivity index (χ1v) is 8.75. The Labute approximate surface area is 171 Å². The predicted octanol–water partition coefficient (Wildman–Crippen LogP) is 4.28. The van der Waals surface area contributed by atoms with Crippen molar-refractivity contribution in [3.8, 4) is 11.5 Å². The maximum absolute atomic E-state index is 13.5. The summed E-state index contributed by atoms with van der Waals surface area (Å²) in [6.07, 6.45) is -12.1. The summed E-state index contributed by atoms with van der Waals surface area (Å²) in [5.74, 6) is -1.75. The van der Waals surface area contributed by atoms with Crippen LogP contribution in [-0.4, -0.2) is 30.1 Å². The summed E-state index contributed by atoms with van der Waals surface area (Å²) in [5, 5.41) is 1.00. The number of hydrogen-bond donors (Lipinski definition) is 2. The minimum atomic E-state index is -5.18. The Kier molecular flexibility index (Phi) is 4.88. The van der Waals surface area contributed by atoms with Gasteiger partial charge in [-0.05, 0) is 24.3 Å². The normalized spacial score (nSPS) is 19.2. The van der Waals surface area contributed by atoms with E-state index in [1.54, 1.807) is 42.5 Å². The highest BCUT2D eigenvalue weighted by Gasteiger charge is 2.51. The number of anilines is 1. The number of ether oxygens (including phenoxy) is 1. The third kappa shape index (κ3) is 3.93. The van der Waals surface area contributed by atoms with Crippen LogP contribution in [0.5, 0.6) is 11.5 Å². The lowest BCUT2D eigenvalue weighted by Gasteiger charge is -2.23. The Hall–Kier alpha value is -3.54. The van der Waals surface area contributed by atoms with Crippen LogP contribution >= 0.6 is 0 Å². The summed E-state index contributed by atoms with van der Waals surface area (Å²) >= 11 is 0. The zero-order valence-corrected chi connectivity index (χ0v) is 15.4. The Morgan fingerprint density at radius 2 is 1.55 bits per heavy atom. The molecule has 2 aliphatic rings. The number of rotatable bonds is 3. The number of halogens is 6. The van der Waals surface area contributed by atoms with Crippen molar-refractivity contribution in [2.75, 3.05) is 5.01 Å². The molecule has 2 aromatic carbocycles. The zero-order valence-electron chi connectivity index (χ0n) is 15.4. The lowest BCUT2D eigenvalue weighted by molar-refractivity contribution is -0.0636. The van der Waals surface area contributed by atoms with Gasteiger partial charge in [0.1, 0.15) is 23.4 Å². The van der Waals surface area contributed by atoms with Gasteiger partial charge in [-0.25, -0.2) is 9.98 Å². The van der Waals surface area contributed by atoms with Gasteiger partial charge in [0.25, 0.3) is 0 Å². The number of aliphatic imine (C=N–C) groups is 2. The van der Waals surface area contributed by atoms with Crippen molar-refractivity contribution in [3.05, 3.63) is 66.0 Å². The topological polar surface area (TPSA) is 75.2 Å².